The Labute approximate surface area is 848 Å². The van der Waals surface area contributed by atoms with Crippen molar-refractivity contribution in [3.63, 3.8) is 0 Å². The van der Waals surface area contributed by atoms with Crippen molar-refractivity contribution in [1.29, 1.82) is 0 Å². The fraction of sp³-hybridized carbons (Fsp3) is 0.545. The van der Waals surface area contributed by atoms with E-state index in [9.17, 15) is 0 Å². The molecule has 5 aromatic heterocycles. The standard InChI is InChI=1S/C25H36N4.4C24H34N4/c1-18-8-10-29(11-9-18)25-7-5-6-21-15-26-22(13-23(21)25)16-28(4)17-24-20(3)12-19(2)14-27-24;2*1-18-9-12-28(13-10-18)24-8-4-7-20-15-26-21(14-22(20)24)16-27(3)17-23-19(2)6-5-11-25-23;2*1-18-9-11-28(12-10-18)24-6-4-5-20-15-26-22(13-23(20)24)17-27(3)16-21-8-7-19(2)14-25-21/h5-7,12,14,18,22,26H,8-11,13,15-17H2,1-4H3;2*4-8,11,18,21,26H,9-10,12-17H2,1-3H3;2*4-8,14,18,22,26H,9-13,15-17H2,1-3H3/t22-;2*21-;2*22-/m11111/s1. The van der Waals surface area contributed by atoms with Crippen LogP contribution in [0.4, 0.5) is 28.4 Å². The average molecular weight is 1910 g/mol. The third-order valence-electron chi connectivity index (χ3n) is 32.3. The van der Waals surface area contributed by atoms with Crippen molar-refractivity contribution in [2.75, 3.05) is 158 Å². The zero-order valence-electron chi connectivity index (χ0n) is 89.0. The molecule has 756 valence electrons. The summed E-state index contributed by atoms with van der Waals surface area (Å²) < 4.78 is 0. The van der Waals surface area contributed by atoms with Gasteiger partial charge in [0, 0.05) is 253 Å². The lowest BCUT2D eigenvalue weighted by Crippen LogP contribution is -2.44. The largest absolute Gasteiger partial charge is 0.371 e. The van der Waals surface area contributed by atoms with Crippen LogP contribution in [-0.2, 0) is 97.6 Å². The number of benzene rings is 5. The molecular formula is C121H172N20. The topological polar surface area (TPSA) is 157 Å². The number of aryl methyl sites for hydroxylation is 6. The molecule has 20 rings (SSSR count). The molecule has 0 saturated carbocycles. The van der Waals surface area contributed by atoms with Gasteiger partial charge in [-0.15, -0.1) is 0 Å². The lowest BCUT2D eigenvalue weighted by Gasteiger charge is -2.37. The number of rotatable bonds is 25. The van der Waals surface area contributed by atoms with Crippen LogP contribution in [0.1, 0.15) is 216 Å². The summed E-state index contributed by atoms with van der Waals surface area (Å²) in [7, 11) is 11.1. The molecule has 0 unspecified atom stereocenters. The normalized spacial score (nSPS) is 20.4. The Hall–Kier alpha value is -9.55. The first-order valence-corrected chi connectivity index (χ1v) is 54.3. The second-order valence-corrected chi connectivity index (χ2v) is 44.8. The van der Waals surface area contributed by atoms with Gasteiger partial charge in [-0.2, -0.15) is 0 Å². The van der Waals surface area contributed by atoms with Gasteiger partial charge >= 0.3 is 0 Å². The molecule has 0 radical (unpaired) electrons. The van der Waals surface area contributed by atoms with Crippen LogP contribution in [0, 0.1) is 71.1 Å². The summed E-state index contributed by atoms with van der Waals surface area (Å²) in [5.41, 5.74) is 36.1. The van der Waals surface area contributed by atoms with Gasteiger partial charge in [-0.05, 0) is 346 Å². The minimum atomic E-state index is 0.489. The fourth-order valence-corrected chi connectivity index (χ4v) is 23.3. The van der Waals surface area contributed by atoms with Gasteiger partial charge in [-0.1, -0.05) is 126 Å². The van der Waals surface area contributed by atoms with E-state index < -0.39 is 0 Å². The van der Waals surface area contributed by atoms with Crippen molar-refractivity contribution in [1.82, 2.24) is 76.0 Å². The van der Waals surface area contributed by atoms with Gasteiger partial charge in [0.05, 0.1) is 28.5 Å². The molecule has 5 saturated heterocycles. The van der Waals surface area contributed by atoms with E-state index in [1.165, 1.54) is 236 Å². The lowest BCUT2D eigenvalue weighted by molar-refractivity contribution is 0.271. The Kier molecular flexibility index (Phi) is 37.6. The number of pyridine rings is 5. The first-order chi connectivity index (χ1) is 68.3. The molecule has 141 heavy (non-hydrogen) atoms. The van der Waals surface area contributed by atoms with Crippen LogP contribution < -0.4 is 51.1 Å². The van der Waals surface area contributed by atoms with Gasteiger partial charge in [-0.25, -0.2) is 0 Å². The molecule has 10 aliphatic heterocycles. The molecule has 0 amide bonds. The molecule has 5 fully saturated rings. The molecule has 5 aromatic carbocycles. The first kappa shape index (κ1) is 104. The highest BCUT2D eigenvalue weighted by atomic mass is 15.2. The number of piperidine rings is 5. The van der Waals surface area contributed by atoms with Crippen molar-refractivity contribution in [3.8, 4) is 0 Å². The van der Waals surface area contributed by atoms with E-state index in [0.717, 1.165) is 171 Å². The lowest BCUT2D eigenvalue weighted by atomic mass is 9.91. The van der Waals surface area contributed by atoms with Crippen molar-refractivity contribution >= 4 is 28.4 Å². The Morgan fingerprint density at radius 3 is 0.738 bits per heavy atom. The van der Waals surface area contributed by atoms with E-state index in [4.69, 9.17) is 0 Å². The zero-order valence-corrected chi connectivity index (χ0v) is 89.0. The first-order valence-electron chi connectivity index (χ1n) is 54.3. The SMILES string of the molecule is Cc1ccc(CN(C)C[C@H]2Cc3c(cccc3N3CCC(C)CC3)CN2)nc1.Cc1ccc(CN(C)C[C@H]2Cc3c(cccc3N3CCC(C)CC3)CN2)nc1.Cc1cccnc1CN(C)C[C@H]1Cc2c(cccc2N2CCC(C)CC2)CN1.Cc1cccnc1CN(C)C[C@H]1Cc2c(cccc2N2CCC(C)CC2)CN1.Cc1cnc(CN(C)C[C@H]2Cc3c(cccc3N3CCC(C)CC3)CN2)c(C)c1. The number of aromatic nitrogens is 5. The predicted octanol–water partition coefficient (Wildman–Crippen LogP) is 19.2. The number of fused-ring (bicyclic) bond motifs is 5. The minimum Gasteiger partial charge on any atom is -0.371 e. The molecule has 10 aromatic rings. The van der Waals surface area contributed by atoms with Crippen LogP contribution in [0.3, 0.4) is 0 Å². The minimum absolute atomic E-state index is 0.489. The molecule has 5 N–H and O–H groups in total. The number of hydrogen-bond donors (Lipinski definition) is 5. The summed E-state index contributed by atoms with van der Waals surface area (Å²) in [6.45, 7) is 51.3. The van der Waals surface area contributed by atoms with Crippen LogP contribution in [0.5, 0.6) is 0 Å². The second kappa shape index (κ2) is 50.8. The second-order valence-electron chi connectivity index (χ2n) is 44.8. The summed E-state index contributed by atoms with van der Waals surface area (Å²) >= 11 is 0. The third kappa shape index (κ3) is 29.4. The monoisotopic (exact) mass is 1910 g/mol. The summed E-state index contributed by atoms with van der Waals surface area (Å²) in [5, 5.41) is 18.8. The highest BCUT2D eigenvalue weighted by molar-refractivity contribution is 5.63. The van der Waals surface area contributed by atoms with Crippen molar-refractivity contribution in [2.45, 2.75) is 268 Å². The molecule has 15 heterocycles. The van der Waals surface area contributed by atoms with Crippen LogP contribution in [0.2, 0.25) is 0 Å². The molecule has 0 bridgehead atoms. The number of anilines is 5. The van der Waals surface area contributed by atoms with Gasteiger partial charge in [0.15, 0.2) is 0 Å². The average Bonchev–Trinajstić information content (AvgIpc) is 0.807. The van der Waals surface area contributed by atoms with Crippen LogP contribution in [0.25, 0.3) is 0 Å². The number of nitrogens with zero attached hydrogens (tertiary/aromatic N) is 15. The number of likely N-dealkylation sites (N-methyl/N-ethyl adjacent to an activating group) is 5. The van der Waals surface area contributed by atoms with E-state index in [1.807, 2.05) is 43.1 Å². The fourth-order valence-electron chi connectivity index (χ4n) is 23.3. The van der Waals surface area contributed by atoms with Crippen molar-refractivity contribution in [3.05, 3.63) is 294 Å². The van der Waals surface area contributed by atoms with Crippen LogP contribution in [-0.4, -0.2) is 213 Å². The Balaban J connectivity index is 0.000000127. The molecule has 0 spiro atoms. The van der Waals surface area contributed by atoms with E-state index in [-0.39, 0.29) is 0 Å². The van der Waals surface area contributed by atoms with Crippen LogP contribution in [0.15, 0.2) is 177 Å². The molecule has 5 atom stereocenters. The number of hydrogen-bond acceptors (Lipinski definition) is 20. The maximum atomic E-state index is 4.66. The van der Waals surface area contributed by atoms with Crippen molar-refractivity contribution < 1.29 is 0 Å². The molecular weight excluding hydrogens is 1730 g/mol. The van der Waals surface area contributed by atoms with E-state index in [2.05, 4.69) is 345 Å². The van der Waals surface area contributed by atoms with E-state index >= 15 is 0 Å². The highest BCUT2D eigenvalue weighted by Gasteiger charge is 2.34. The van der Waals surface area contributed by atoms with Gasteiger partial charge in [0.2, 0.25) is 0 Å². The van der Waals surface area contributed by atoms with Crippen LogP contribution >= 0.6 is 0 Å². The van der Waals surface area contributed by atoms with Gasteiger partial charge in [-0.3, -0.25) is 49.4 Å². The van der Waals surface area contributed by atoms with E-state index in [1.54, 1.807) is 27.8 Å². The Morgan fingerprint density at radius 1 is 0.262 bits per heavy atom. The van der Waals surface area contributed by atoms with Gasteiger partial charge < -0.3 is 51.1 Å². The summed E-state index contributed by atoms with van der Waals surface area (Å²) in [4.78, 5) is 48.1. The summed E-state index contributed by atoms with van der Waals surface area (Å²) in [5.74, 6) is 4.35. The highest BCUT2D eigenvalue weighted by Crippen LogP contribution is 2.39. The van der Waals surface area contributed by atoms with Crippen molar-refractivity contribution in [2.24, 2.45) is 29.6 Å². The molecule has 0 aliphatic carbocycles. The maximum Gasteiger partial charge on any atom is 0.0573 e. The number of nitrogens with one attached hydrogen (secondary N) is 5. The molecule has 20 nitrogen and oxygen atoms in total. The smallest absolute Gasteiger partial charge is 0.0573 e. The van der Waals surface area contributed by atoms with Gasteiger partial charge in [0.1, 0.15) is 0 Å². The quantitative estimate of drug-likeness (QED) is 0.0368. The third-order valence-corrected chi connectivity index (χ3v) is 32.3. The molecule has 20 heteroatoms. The van der Waals surface area contributed by atoms with Gasteiger partial charge in [0.25, 0.3) is 0 Å². The summed E-state index contributed by atoms with van der Waals surface area (Å²) in [6.07, 6.45) is 28.4. The maximum absolute atomic E-state index is 4.66. The Morgan fingerprint density at radius 2 is 0.504 bits per heavy atom. The summed E-state index contributed by atoms with van der Waals surface area (Å²) in [6, 6.07) is 56.0. The zero-order chi connectivity index (χ0) is 98.4. The Bertz CT molecular complexity index is 5300. The molecule has 10 aliphatic rings. The van der Waals surface area contributed by atoms with E-state index in [0.29, 0.717) is 30.2 Å². The predicted molar refractivity (Wildman–Crippen MR) is 588 cm³/mol.